The number of carbonyl (C=O) groups excluding carboxylic acids is 2. The minimum Gasteiger partial charge on any atom is -0.509 e. The summed E-state index contributed by atoms with van der Waals surface area (Å²) in [6, 6.07) is 0. The third kappa shape index (κ3) is 4.10. The van der Waals surface area contributed by atoms with Crippen molar-refractivity contribution >= 4 is 11.8 Å². The highest BCUT2D eigenvalue weighted by Crippen LogP contribution is 1.91. The van der Waals surface area contributed by atoms with Gasteiger partial charge in [0.1, 0.15) is 5.76 Å². The van der Waals surface area contributed by atoms with Crippen molar-refractivity contribution in [1.29, 1.82) is 0 Å². The predicted octanol–water partition coefficient (Wildman–Crippen LogP) is -0.0114. The smallest absolute Gasteiger partial charge is 0.245 e. The van der Waals surface area contributed by atoms with Gasteiger partial charge in [-0.25, -0.2) is 0 Å². The summed E-state index contributed by atoms with van der Waals surface area (Å²) >= 11 is 0. The van der Waals surface area contributed by atoms with Gasteiger partial charge in [0.05, 0.1) is 0 Å². The van der Waals surface area contributed by atoms with Crippen LogP contribution in [-0.2, 0) is 9.59 Å². The van der Waals surface area contributed by atoms with E-state index in [1.54, 1.807) is 0 Å². The molecule has 0 aromatic carbocycles. The molecule has 0 fully saturated rings. The molecule has 5 heteroatoms. The Balaban J connectivity index is 4.37. The quantitative estimate of drug-likeness (QED) is 0.329. The van der Waals surface area contributed by atoms with Gasteiger partial charge in [-0.15, -0.1) is 0 Å². The number of nitrogens with one attached hydrogen (secondary N) is 2. The largest absolute Gasteiger partial charge is 0.509 e. The number of rotatable bonds is 5. The van der Waals surface area contributed by atoms with Crippen molar-refractivity contribution in [1.82, 2.24) is 10.6 Å². The summed E-state index contributed by atoms with van der Waals surface area (Å²) in [7, 11) is 0. The van der Waals surface area contributed by atoms with Gasteiger partial charge in [-0.05, 0) is 12.2 Å². The molecule has 0 atom stereocenters. The molecule has 0 bridgehead atoms. The molecule has 14 heavy (non-hydrogen) atoms. The van der Waals surface area contributed by atoms with Crippen LogP contribution in [0, 0.1) is 0 Å². The van der Waals surface area contributed by atoms with Gasteiger partial charge in [-0.3, -0.25) is 9.59 Å². The lowest BCUT2D eigenvalue weighted by atomic mass is 10.4. The van der Waals surface area contributed by atoms with E-state index in [-0.39, 0.29) is 5.76 Å². The third-order valence-electron chi connectivity index (χ3n) is 1.28. The van der Waals surface area contributed by atoms with E-state index in [1.165, 1.54) is 0 Å². The molecule has 0 unspecified atom stereocenters. The second kappa shape index (κ2) is 5.58. The summed E-state index contributed by atoms with van der Waals surface area (Å²) in [5, 5.41) is 13.5. The fourth-order valence-corrected chi connectivity index (χ4v) is 0.605. The van der Waals surface area contributed by atoms with E-state index in [4.69, 9.17) is 5.11 Å². The highest BCUT2D eigenvalue weighted by atomic mass is 16.3. The molecule has 0 aromatic rings. The number of aliphatic hydroxyl groups is 1. The molecule has 0 spiro atoms. The average Bonchev–Trinajstić information content (AvgIpc) is 2.16. The van der Waals surface area contributed by atoms with E-state index in [0.717, 1.165) is 12.2 Å². The number of carbonyl (C=O) groups is 2. The Bertz CT molecular complexity index is 262. The van der Waals surface area contributed by atoms with E-state index >= 15 is 0 Å². The Kier molecular flexibility index (Phi) is 4.77. The van der Waals surface area contributed by atoms with E-state index < -0.39 is 18.0 Å². The van der Waals surface area contributed by atoms with Gasteiger partial charge in [0.25, 0.3) is 0 Å². The zero-order valence-corrected chi connectivity index (χ0v) is 7.62. The van der Waals surface area contributed by atoms with E-state index in [2.05, 4.69) is 30.4 Å². The topological polar surface area (TPSA) is 78.4 Å². The highest BCUT2D eigenvalue weighted by molar-refractivity contribution is 5.90. The van der Waals surface area contributed by atoms with Crippen molar-refractivity contribution in [3.8, 4) is 0 Å². The van der Waals surface area contributed by atoms with Crippen LogP contribution in [0.25, 0.3) is 0 Å². The lowest BCUT2D eigenvalue weighted by molar-refractivity contribution is -0.119. The van der Waals surface area contributed by atoms with Crippen molar-refractivity contribution in [2.75, 3.05) is 0 Å². The highest BCUT2D eigenvalue weighted by Gasteiger charge is 2.14. The van der Waals surface area contributed by atoms with Crippen molar-refractivity contribution < 1.29 is 14.7 Å². The molecule has 0 radical (unpaired) electrons. The Morgan fingerprint density at radius 3 is 1.71 bits per heavy atom. The summed E-state index contributed by atoms with van der Waals surface area (Å²) < 4.78 is 0. The molecular formula is C9H12N2O3. The Morgan fingerprint density at radius 2 is 1.50 bits per heavy atom. The van der Waals surface area contributed by atoms with Gasteiger partial charge < -0.3 is 15.7 Å². The van der Waals surface area contributed by atoms with E-state index in [9.17, 15) is 9.59 Å². The molecule has 0 aliphatic rings. The molecule has 0 saturated heterocycles. The fraction of sp³-hybridized carbons (Fsp3) is 0.111. The Labute approximate surface area is 81.8 Å². The SMILES string of the molecule is C=CC(=O)NC(NC(=O)C=C)C(=C)O. The van der Waals surface area contributed by atoms with Crippen LogP contribution in [0.3, 0.4) is 0 Å². The molecule has 0 rings (SSSR count). The monoisotopic (exact) mass is 196 g/mol. The second-order valence-electron chi connectivity index (χ2n) is 2.35. The first kappa shape index (κ1) is 12.0. The predicted molar refractivity (Wildman–Crippen MR) is 52.2 cm³/mol. The summed E-state index contributed by atoms with van der Waals surface area (Å²) in [6.07, 6.45) is 0.984. The zero-order valence-electron chi connectivity index (χ0n) is 7.62. The zero-order chi connectivity index (χ0) is 11.1. The first-order valence-electron chi connectivity index (χ1n) is 3.75. The fourth-order valence-electron chi connectivity index (χ4n) is 0.605. The lowest BCUT2D eigenvalue weighted by Gasteiger charge is -2.16. The molecule has 3 N–H and O–H groups in total. The van der Waals surface area contributed by atoms with Crippen LogP contribution in [0.15, 0.2) is 37.6 Å². The normalized spacial score (nSPS) is 8.93. The molecule has 2 amide bonds. The first-order valence-corrected chi connectivity index (χ1v) is 3.75. The summed E-state index contributed by atoms with van der Waals surface area (Å²) in [6.45, 7) is 9.62. The van der Waals surface area contributed by atoms with Crippen LogP contribution < -0.4 is 10.6 Å². The van der Waals surface area contributed by atoms with Crippen molar-refractivity contribution in [3.05, 3.63) is 37.6 Å². The van der Waals surface area contributed by atoms with Crippen molar-refractivity contribution in [2.24, 2.45) is 0 Å². The molecule has 76 valence electrons. The molecule has 0 aliphatic heterocycles. The standard InChI is InChI=1S/C9H12N2O3/c1-4-7(13)10-9(6(3)12)11-8(14)5-2/h4-5,9,12H,1-3H2,(H,10,13)(H,11,14). The maximum atomic E-state index is 10.8. The molecule has 0 aliphatic carbocycles. The third-order valence-corrected chi connectivity index (χ3v) is 1.28. The molecule has 0 saturated carbocycles. The summed E-state index contributed by atoms with van der Waals surface area (Å²) in [5.74, 6) is -1.44. The summed E-state index contributed by atoms with van der Waals surface area (Å²) in [5.41, 5.74) is 0. The minimum absolute atomic E-state index is 0.379. The lowest BCUT2D eigenvalue weighted by Crippen LogP contribution is -2.48. The number of aliphatic hydroxyl groups excluding tert-OH is 1. The van der Waals surface area contributed by atoms with Crippen LogP contribution in [0.2, 0.25) is 0 Å². The van der Waals surface area contributed by atoms with Crippen molar-refractivity contribution in [2.45, 2.75) is 6.17 Å². The number of amides is 2. The number of hydrogen-bond acceptors (Lipinski definition) is 3. The summed E-state index contributed by atoms with van der Waals surface area (Å²) in [4.78, 5) is 21.7. The van der Waals surface area contributed by atoms with Gasteiger partial charge in [-0.1, -0.05) is 19.7 Å². The maximum Gasteiger partial charge on any atom is 0.245 e. The maximum absolute atomic E-state index is 10.8. The minimum atomic E-state index is -1.04. The van der Waals surface area contributed by atoms with Crippen LogP contribution in [0.1, 0.15) is 0 Å². The molecule has 0 aromatic heterocycles. The van der Waals surface area contributed by atoms with Gasteiger partial charge >= 0.3 is 0 Å². The molecule has 0 heterocycles. The van der Waals surface area contributed by atoms with E-state index in [1.807, 2.05) is 0 Å². The second-order valence-corrected chi connectivity index (χ2v) is 2.35. The average molecular weight is 196 g/mol. The molecule has 5 nitrogen and oxygen atoms in total. The van der Waals surface area contributed by atoms with Gasteiger partial charge in [0, 0.05) is 0 Å². The Morgan fingerprint density at radius 1 is 1.14 bits per heavy atom. The van der Waals surface area contributed by atoms with Crippen LogP contribution in [0.5, 0.6) is 0 Å². The van der Waals surface area contributed by atoms with Gasteiger partial charge in [0.15, 0.2) is 6.17 Å². The van der Waals surface area contributed by atoms with Gasteiger partial charge in [-0.2, -0.15) is 0 Å². The van der Waals surface area contributed by atoms with Gasteiger partial charge in [0.2, 0.25) is 11.8 Å². The molecular weight excluding hydrogens is 184 g/mol. The van der Waals surface area contributed by atoms with Crippen molar-refractivity contribution in [3.63, 3.8) is 0 Å². The van der Waals surface area contributed by atoms with E-state index in [0.29, 0.717) is 0 Å². The van der Waals surface area contributed by atoms with Crippen LogP contribution in [0.4, 0.5) is 0 Å². The number of hydrogen-bond donors (Lipinski definition) is 3. The first-order chi connectivity index (χ1) is 6.51. The van der Waals surface area contributed by atoms with Crippen LogP contribution >= 0.6 is 0 Å². The Hall–Kier alpha value is -2.04. The van der Waals surface area contributed by atoms with Crippen LogP contribution in [-0.4, -0.2) is 23.1 Å².